The lowest BCUT2D eigenvalue weighted by Gasteiger charge is -2.04. The number of aryl methyl sites for hydroxylation is 1. The van der Waals surface area contributed by atoms with E-state index in [9.17, 15) is 9.90 Å². The molecule has 0 amide bonds. The topological polar surface area (TPSA) is 46.5 Å². The van der Waals surface area contributed by atoms with Crippen molar-refractivity contribution in [3.8, 4) is 11.5 Å². The smallest absolute Gasteiger partial charge is 0.160 e. The largest absolute Gasteiger partial charge is 0.504 e. The van der Waals surface area contributed by atoms with Crippen LogP contribution in [0.4, 0.5) is 0 Å². The minimum absolute atomic E-state index is 0.0533. The Labute approximate surface area is 95.4 Å². The van der Waals surface area contributed by atoms with Crippen molar-refractivity contribution >= 4 is 5.78 Å². The minimum Gasteiger partial charge on any atom is -0.504 e. The monoisotopic (exact) mass is 220 g/mol. The van der Waals surface area contributed by atoms with Crippen LogP contribution in [0, 0.1) is 0 Å². The molecule has 3 heteroatoms. The molecule has 1 rings (SSSR count). The Morgan fingerprint density at radius 1 is 1.50 bits per heavy atom. The predicted molar refractivity (Wildman–Crippen MR) is 62.8 cm³/mol. The van der Waals surface area contributed by atoms with Crippen LogP contribution in [0.15, 0.2) is 30.4 Å². The third-order valence-electron chi connectivity index (χ3n) is 2.20. The summed E-state index contributed by atoms with van der Waals surface area (Å²) in [7, 11) is 1.52. The van der Waals surface area contributed by atoms with Crippen LogP contribution in [0.3, 0.4) is 0 Å². The number of carbonyl (C=O) groups excluding carboxylic acids is 1. The molecule has 0 aromatic heterocycles. The summed E-state index contributed by atoms with van der Waals surface area (Å²) < 4.78 is 4.95. The standard InChI is InChI=1S/C13H16O3/c1-10(14)5-3-4-6-11-7-8-13(16-2)12(15)9-11/h3,5,7-9,15H,4,6H2,1-2H3. The molecule has 0 aliphatic carbocycles. The molecule has 1 aromatic carbocycles. The zero-order chi connectivity index (χ0) is 12.0. The lowest BCUT2D eigenvalue weighted by molar-refractivity contribution is -0.112. The Morgan fingerprint density at radius 2 is 2.25 bits per heavy atom. The molecule has 0 radical (unpaired) electrons. The molecule has 0 aliphatic heterocycles. The Hall–Kier alpha value is -1.77. The molecular formula is C13H16O3. The number of hydrogen-bond acceptors (Lipinski definition) is 3. The number of rotatable bonds is 5. The van der Waals surface area contributed by atoms with Crippen LogP contribution in [0.5, 0.6) is 11.5 Å². The molecule has 0 spiro atoms. The number of hydrogen-bond donors (Lipinski definition) is 1. The number of methoxy groups -OCH3 is 1. The van der Waals surface area contributed by atoms with Gasteiger partial charge in [-0.05, 0) is 43.5 Å². The van der Waals surface area contributed by atoms with Crippen LogP contribution in [0.25, 0.3) is 0 Å². The molecule has 0 heterocycles. The zero-order valence-electron chi connectivity index (χ0n) is 9.56. The molecule has 86 valence electrons. The number of ketones is 1. The van der Waals surface area contributed by atoms with E-state index in [1.165, 1.54) is 14.0 Å². The fourth-order valence-electron chi connectivity index (χ4n) is 1.39. The van der Waals surface area contributed by atoms with Gasteiger partial charge in [-0.3, -0.25) is 4.79 Å². The first-order valence-electron chi connectivity index (χ1n) is 5.16. The third kappa shape index (κ3) is 3.77. The molecule has 0 saturated carbocycles. The van der Waals surface area contributed by atoms with Crippen molar-refractivity contribution < 1.29 is 14.6 Å². The van der Waals surface area contributed by atoms with Gasteiger partial charge in [0.1, 0.15) is 0 Å². The van der Waals surface area contributed by atoms with Gasteiger partial charge in [0.25, 0.3) is 0 Å². The number of allylic oxidation sites excluding steroid dienone is 2. The number of benzene rings is 1. The van der Waals surface area contributed by atoms with Gasteiger partial charge in [0, 0.05) is 0 Å². The number of phenolic OH excluding ortho intramolecular Hbond substituents is 1. The molecule has 1 N–H and O–H groups in total. The normalized spacial score (nSPS) is 10.6. The van der Waals surface area contributed by atoms with Gasteiger partial charge in [-0.1, -0.05) is 12.1 Å². The van der Waals surface area contributed by atoms with Gasteiger partial charge >= 0.3 is 0 Å². The van der Waals surface area contributed by atoms with Gasteiger partial charge < -0.3 is 9.84 Å². The second-order valence-corrected chi connectivity index (χ2v) is 3.56. The molecular weight excluding hydrogens is 204 g/mol. The van der Waals surface area contributed by atoms with E-state index in [1.54, 1.807) is 18.2 Å². The number of ether oxygens (including phenoxy) is 1. The molecule has 16 heavy (non-hydrogen) atoms. The highest BCUT2D eigenvalue weighted by atomic mass is 16.5. The molecule has 1 aromatic rings. The first-order valence-corrected chi connectivity index (χ1v) is 5.16. The van der Waals surface area contributed by atoms with E-state index in [4.69, 9.17) is 4.74 Å². The summed E-state index contributed by atoms with van der Waals surface area (Å²) in [5.41, 5.74) is 1.02. The molecule has 0 fully saturated rings. The maximum Gasteiger partial charge on any atom is 0.160 e. The Morgan fingerprint density at radius 3 is 2.81 bits per heavy atom. The summed E-state index contributed by atoms with van der Waals surface area (Å²) >= 11 is 0. The second-order valence-electron chi connectivity index (χ2n) is 3.56. The summed E-state index contributed by atoms with van der Waals surface area (Å²) in [6.07, 6.45) is 4.97. The average molecular weight is 220 g/mol. The molecule has 0 unspecified atom stereocenters. The molecule has 3 nitrogen and oxygen atoms in total. The van der Waals surface area contributed by atoms with Gasteiger partial charge in [0.2, 0.25) is 0 Å². The second kappa shape index (κ2) is 5.95. The molecule has 0 saturated heterocycles. The van der Waals surface area contributed by atoms with Crippen LogP contribution in [0.1, 0.15) is 18.9 Å². The summed E-state index contributed by atoms with van der Waals surface area (Å²) in [5.74, 6) is 0.677. The van der Waals surface area contributed by atoms with Gasteiger partial charge in [0.15, 0.2) is 17.3 Å². The molecule has 0 aliphatic rings. The van der Waals surface area contributed by atoms with Crippen molar-refractivity contribution in [3.05, 3.63) is 35.9 Å². The summed E-state index contributed by atoms with van der Waals surface area (Å²) in [6.45, 7) is 1.52. The fraction of sp³-hybridized carbons (Fsp3) is 0.308. The lowest BCUT2D eigenvalue weighted by Crippen LogP contribution is -1.88. The maximum absolute atomic E-state index is 10.6. The Balaban J connectivity index is 2.55. The first kappa shape index (κ1) is 12.3. The van der Waals surface area contributed by atoms with Crippen molar-refractivity contribution in [2.75, 3.05) is 7.11 Å². The first-order chi connectivity index (χ1) is 7.63. The Bertz CT molecular complexity index is 394. The van der Waals surface area contributed by atoms with Crippen LogP contribution >= 0.6 is 0 Å². The van der Waals surface area contributed by atoms with E-state index in [-0.39, 0.29) is 11.5 Å². The lowest BCUT2D eigenvalue weighted by atomic mass is 10.1. The van der Waals surface area contributed by atoms with E-state index in [0.717, 1.165) is 18.4 Å². The summed E-state index contributed by atoms with van der Waals surface area (Å²) in [6, 6.07) is 5.32. The summed E-state index contributed by atoms with van der Waals surface area (Å²) in [5, 5.41) is 9.54. The van der Waals surface area contributed by atoms with Crippen LogP contribution < -0.4 is 4.74 Å². The highest BCUT2D eigenvalue weighted by Crippen LogP contribution is 2.26. The highest BCUT2D eigenvalue weighted by molar-refractivity contribution is 5.87. The molecule has 0 atom stereocenters. The predicted octanol–water partition coefficient (Wildman–Crippen LogP) is 2.48. The Kier molecular flexibility index (Phi) is 4.58. The SMILES string of the molecule is COc1ccc(CCC=CC(C)=O)cc1O. The van der Waals surface area contributed by atoms with E-state index in [2.05, 4.69) is 0 Å². The van der Waals surface area contributed by atoms with Crippen molar-refractivity contribution in [3.63, 3.8) is 0 Å². The number of carbonyl (C=O) groups is 1. The summed E-state index contributed by atoms with van der Waals surface area (Å²) in [4.78, 5) is 10.6. The van der Waals surface area contributed by atoms with Crippen molar-refractivity contribution in [2.24, 2.45) is 0 Å². The van der Waals surface area contributed by atoms with Crippen molar-refractivity contribution in [1.29, 1.82) is 0 Å². The van der Waals surface area contributed by atoms with Crippen molar-refractivity contribution in [1.82, 2.24) is 0 Å². The van der Waals surface area contributed by atoms with E-state index >= 15 is 0 Å². The average Bonchev–Trinajstić information content (AvgIpc) is 2.24. The number of phenols is 1. The zero-order valence-corrected chi connectivity index (χ0v) is 9.56. The van der Waals surface area contributed by atoms with E-state index in [0.29, 0.717) is 5.75 Å². The van der Waals surface area contributed by atoms with Gasteiger partial charge in [-0.2, -0.15) is 0 Å². The van der Waals surface area contributed by atoms with Gasteiger partial charge in [-0.25, -0.2) is 0 Å². The minimum atomic E-state index is 0.0533. The number of aromatic hydroxyl groups is 1. The van der Waals surface area contributed by atoms with Crippen LogP contribution in [-0.2, 0) is 11.2 Å². The molecule has 0 bridgehead atoms. The quantitative estimate of drug-likeness (QED) is 0.775. The van der Waals surface area contributed by atoms with Crippen LogP contribution in [0.2, 0.25) is 0 Å². The van der Waals surface area contributed by atoms with E-state index in [1.807, 2.05) is 12.1 Å². The third-order valence-corrected chi connectivity index (χ3v) is 2.20. The fourth-order valence-corrected chi connectivity index (χ4v) is 1.39. The van der Waals surface area contributed by atoms with Crippen LogP contribution in [-0.4, -0.2) is 18.0 Å². The van der Waals surface area contributed by atoms with Gasteiger partial charge in [0.05, 0.1) is 7.11 Å². The van der Waals surface area contributed by atoms with Gasteiger partial charge in [-0.15, -0.1) is 0 Å². The van der Waals surface area contributed by atoms with Crippen molar-refractivity contribution in [2.45, 2.75) is 19.8 Å². The van der Waals surface area contributed by atoms with E-state index < -0.39 is 0 Å². The maximum atomic E-state index is 10.6. The highest BCUT2D eigenvalue weighted by Gasteiger charge is 2.01.